The number of hydrogen-bond acceptors (Lipinski definition) is 2. The highest BCUT2D eigenvalue weighted by Gasteiger charge is 2.37. The molecule has 0 saturated heterocycles. The highest BCUT2D eigenvalue weighted by atomic mass is 16.5. The van der Waals surface area contributed by atoms with E-state index in [-0.39, 0.29) is 17.5 Å². The molecule has 1 saturated carbocycles. The minimum Gasteiger partial charge on any atom is -0.462 e. The smallest absolute Gasteiger partial charge is 0.312 e. The zero-order valence-electron chi connectivity index (χ0n) is 17.3. The summed E-state index contributed by atoms with van der Waals surface area (Å²) in [5.74, 6) is 1.32. The minimum atomic E-state index is -0.310. The highest BCUT2D eigenvalue weighted by Crippen LogP contribution is 2.39. The zero-order chi connectivity index (χ0) is 18.3. The van der Waals surface area contributed by atoms with Crippen molar-refractivity contribution in [1.82, 2.24) is 0 Å². The number of carbonyl (C=O) groups is 1. The summed E-state index contributed by atoms with van der Waals surface area (Å²) >= 11 is 0. The predicted octanol–water partition coefficient (Wildman–Crippen LogP) is 6.62. The van der Waals surface area contributed by atoms with Gasteiger partial charge < -0.3 is 4.74 Å². The van der Waals surface area contributed by atoms with E-state index >= 15 is 0 Å². The van der Waals surface area contributed by atoms with Gasteiger partial charge in [-0.25, -0.2) is 0 Å². The van der Waals surface area contributed by atoms with Crippen molar-refractivity contribution in [2.45, 2.75) is 107 Å². The molecule has 2 heteroatoms. The van der Waals surface area contributed by atoms with Crippen molar-refractivity contribution in [2.24, 2.45) is 22.7 Å². The van der Waals surface area contributed by atoms with Crippen LogP contribution in [0.3, 0.4) is 0 Å². The van der Waals surface area contributed by atoms with Gasteiger partial charge in [0.1, 0.15) is 6.10 Å². The third-order valence-corrected chi connectivity index (χ3v) is 5.30. The van der Waals surface area contributed by atoms with E-state index in [2.05, 4.69) is 48.5 Å². The van der Waals surface area contributed by atoms with E-state index in [0.717, 1.165) is 31.6 Å². The van der Waals surface area contributed by atoms with E-state index in [1.165, 1.54) is 12.8 Å². The monoisotopic (exact) mass is 326 g/mol. The molecule has 138 valence electrons. The van der Waals surface area contributed by atoms with Gasteiger partial charge in [-0.3, -0.25) is 4.79 Å². The third-order valence-electron chi connectivity index (χ3n) is 5.30. The fourth-order valence-electron chi connectivity index (χ4n) is 3.61. The molecular formula is C21H42O2. The molecule has 1 aliphatic carbocycles. The van der Waals surface area contributed by atoms with Crippen molar-refractivity contribution in [3.63, 3.8) is 0 Å². The van der Waals surface area contributed by atoms with Crippen LogP contribution in [0.1, 0.15) is 101 Å². The van der Waals surface area contributed by atoms with Crippen molar-refractivity contribution in [3.05, 3.63) is 0 Å². The molecule has 0 spiro atoms. The second-order valence-corrected chi connectivity index (χ2v) is 8.76. The third kappa shape index (κ3) is 7.27. The first-order valence-corrected chi connectivity index (χ1v) is 9.79. The second-order valence-electron chi connectivity index (χ2n) is 8.76. The standard InChI is InChI=1S/C19H36O2.C2H6/c1-8-19(7,13-14(2)3)17(20)21-16-11-9-15(10-12-16)18(4,5)6;1-2/h14-16H,8-13H2,1-7H3;1-2H3. The number of rotatable bonds is 5. The first-order valence-electron chi connectivity index (χ1n) is 9.79. The molecule has 1 fully saturated rings. The van der Waals surface area contributed by atoms with Gasteiger partial charge in [0.15, 0.2) is 0 Å². The summed E-state index contributed by atoms with van der Waals surface area (Å²) in [6.07, 6.45) is 6.38. The molecule has 1 aliphatic rings. The Kier molecular flexibility index (Phi) is 9.47. The highest BCUT2D eigenvalue weighted by molar-refractivity contribution is 5.76. The Morgan fingerprint density at radius 2 is 1.52 bits per heavy atom. The van der Waals surface area contributed by atoms with E-state index < -0.39 is 0 Å². The molecule has 0 aromatic heterocycles. The fourth-order valence-corrected chi connectivity index (χ4v) is 3.61. The summed E-state index contributed by atoms with van der Waals surface area (Å²) in [5, 5.41) is 0. The Bertz CT molecular complexity index is 332. The molecule has 0 aromatic rings. The quantitative estimate of drug-likeness (QED) is 0.530. The average molecular weight is 327 g/mol. The minimum absolute atomic E-state index is 0.0258. The summed E-state index contributed by atoms with van der Waals surface area (Å²) < 4.78 is 5.87. The maximum absolute atomic E-state index is 12.6. The van der Waals surface area contributed by atoms with Crippen LogP contribution in [0.2, 0.25) is 0 Å². The van der Waals surface area contributed by atoms with Crippen molar-refractivity contribution in [3.8, 4) is 0 Å². The molecule has 0 aromatic carbocycles. The lowest BCUT2D eigenvalue weighted by atomic mass is 9.72. The normalized spacial score (nSPS) is 24.4. The van der Waals surface area contributed by atoms with Gasteiger partial charge in [0, 0.05) is 0 Å². The lowest BCUT2D eigenvalue weighted by Gasteiger charge is -2.38. The van der Waals surface area contributed by atoms with Gasteiger partial charge in [-0.2, -0.15) is 0 Å². The topological polar surface area (TPSA) is 26.3 Å². The predicted molar refractivity (Wildman–Crippen MR) is 100 cm³/mol. The van der Waals surface area contributed by atoms with Gasteiger partial charge in [-0.05, 0) is 62.7 Å². The molecule has 0 heterocycles. The molecule has 1 rings (SSSR count). The summed E-state index contributed by atoms with van der Waals surface area (Å²) in [6.45, 7) is 19.5. The first kappa shape index (κ1) is 22.5. The Hall–Kier alpha value is -0.530. The Labute approximate surface area is 145 Å². The Morgan fingerprint density at radius 1 is 1.04 bits per heavy atom. The Balaban J connectivity index is 0.00000232. The SMILES string of the molecule is CC.CCC(C)(CC(C)C)C(=O)OC1CCC(C(C)(C)C)CC1. The van der Waals surface area contributed by atoms with Crippen LogP contribution >= 0.6 is 0 Å². The average Bonchev–Trinajstić information content (AvgIpc) is 2.48. The largest absolute Gasteiger partial charge is 0.462 e. The second kappa shape index (κ2) is 9.69. The molecule has 0 radical (unpaired) electrons. The maximum Gasteiger partial charge on any atom is 0.312 e. The van der Waals surface area contributed by atoms with Gasteiger partial charge in [0.05, 0.1) is 5.41 Å². The van der Waals surface area contributed by atoms with E-state index in [0.29, 0.717) is 11.3 Å². The van der Waals surface area contributed by atoms with Crippen LogP contribution in [0.15, 0.2) is 0 Å². The van der Waals surface area contributed by atoms with E-state index in [9.17, 15) is 4.79 Å². The molecule has 0 aliphatic heterocycles. The lowest BCUT2D eigenvalue weighted by Crippen LogP contribution is -2.36. The molecule has 23 heavy (non-hydrogen) atoms. The molecular weight excluding hydrogens is 284 g/mol. The van der Waals surface area contributed by atoms with Crippen LogP contribution in [-0.4, -0.2) is 12.1 Å². The zero-order valence-corrected chi connectivity index (χ0v) is 17.3. The van der Waals surface area contributed by atoms with Crippen molar-refractivity contribution < 1.29 is 9.53 Å². The summed E-state index contributed by atoms with van der Waals surface area (Å²) in [5.41, 5.74) is 0.0690. The molecule has 0 amide bonds. The van der Waals surface area contributed by atoms with Gasteiger partial charge >= 0.3 is 5.97 Å². The van der Waals surface area contributed by atoms with Crippen molar-refractivity contribution >= 4 is 5.97 Å². The van der Waals surface area contributed by atoms with Gasteiger partial charge in [0.2, 0.25) is 0 Å². The van der Waals surface area contributed by atoms with Crippen LogP contribution in [0.4, 0.5) is 0 Å². The van der Waals surface area contributed by atoms with Crippen LogP contribution in [-0.2, 0) is 9.53 Å². The van der Waals surface area contributed by atoms with Gasteiger partial charge in [-0.1, -0.05) is 55.4 Å². The summed E-state index contributed by atoms with van der Waals surface area (Å²) in [6, 6.07) is 0. The molecule has 0 N–H and O–H groups in total. The van der Waals surface area contributed by atoms with Crippen LogP contribution < -0.4 is 0 Å². The number of ether oxygens (including phenoxy) is 1. The van der Waals surface area contributed by atoms with Crippen LogP contribution in [0, 0.1) is 22.7 Å². The maximum atomic E-state index is 12.6. The van der Waals surface area contributed by atoms with Crippen LogP contribution in [0.5, 0.6) is 0 Å². The van der Waals surface area contributed by atoms with E-state index in [1.807, 2.05) is 13.8 Å². The fraction of sp³-hybridized carbons (Fsp3) is 0.952. The molecule has 0 bridgehead atoms. The van der Waals surface area contributed by atoms with Crippen molar-refractivity contribution in [1.29, 1.82) is 0 Å². The summed E-state index contributed by atoms with van der Waals surface area (Å²) in [4.78, 5) is 12.6. The van der Waals surface area contributed by atoms with Gasteiger partial charge in [-0.15, -0.1) is 0 Å². The number of hydrogen-bond donors (Lipinski definition) is 0. The molecule has 2 nitrogen and oxygen atoms in total. The van der Waals surface area contributed by atoms with E-state index in [4.69, 9.17) is 4.74 Å². The molecule has 1 atom stereocenters. The number of esters is 1. The van der Waals surface area contributed by atoms with Gasteiger partial charge in [0.25, 0.3) is 0 Å². The van der Waals surface area contributed by atoms with Crippen LogP contribution in [0.25, 0.3) is 0 Å². The van der Waals surface area contributed by atoms with Crippen molar-refractivity contribution in [2.75, 3.05) is 0 Å². The molecule has 1 unspecified atom stereocenters. The summed E-state index contributed by atoms with van der Waals surface area (Å²) in [7, 11) is 0. The lowest BCUT2D eigenvalue weighted by molar-refractivity contribution is -0.164. The van der Waals surface area contributed by atoms with E-state index in [1.54, 1.807) is 0 Å². The Morgan fingerprint density at radius 3 is 1.87 bits per heavy atom. The number of carbonyl (C=O) groups excluding carboxylic acids is 1. The first-order chi connectivity index (χ1) is 10.6.